The first-order valence-corrected chi connectivity index (χ1v) is 5.19. The van der Waals surface area contributed by atoms with Crippen molar-refractivity contribution in [3.05, 3.63) is 37.1 Å². The molecule has 2 aliphatic heterocycles. The molecule has 2 heteroatoms. The van der Waals surface area contributed by atoms with Gasteiger partial charge >= 0.3 is 0 Å². The zero-order valence-corrected chi connectivity index (χ0v) is 8.39. The molecule has 0 amide bonds. The Labute approximate surface area is 85.3 Å². The summed E-state index contributed by atoms with van der Waals surface area (Å²) in [6.45, 7) is 4.78. The molecule has 0 fully saturated rings. The minimum Gasteiger partial charge on any atom is -0.330 e. The molecule has 2 nitrogen and oxygen atoms in total. The summed E-state index contributed by atoms with van der Waals surface area (Å²) < 4.78 is 0. The molecule has 1 atom stereocenters. The first-order chi connectivity index (χ1) is 6.92. The van der Waals surface area contributed by atoms with Crippen LogP contribution in [0.2, 0.25) is 0 Å². The molecular weight excluding hydrogens is 172 g/mol. The van der Waals surface area contributed by atoms with Crippen molar-refractivity contribution in [3.8, 4) is 0 Å². The Kier molecular flexibility index (Phi) is 2.82. The molecule has 0 spiro atoms. The number of hydrogen-bond donors (Lipinski definition) is 0. The first kappa shape index (κ1) is 9.25. The lowest BCUT2D eigenvalue weighted by Crippen LogP contribution is -2.34. The number of rotatable bonds is 2. The number of allylic oxidation sites excluding steroid dienone is 2. The zero-order chi connectivity index (χ0) is 9.80. The van der Waals surface area contributed by atoms with Crippen molar-refractivity contribution in [1.82, 2.24) is 4.90 Å². The van der Waals surface area contributed by atoms with Gasteiger partial charge in [-0.2, -0.15) is 0 Å². The molecule has 0 aliphatic carbocycles. The third-order valence-electron chi connectivity index (χ3n) is 2.61. The van der Waals surface area contributed by atoms with E-state index in [4.69, 9.17) is 0 Å². The molecule has 1 unspecified atom stereocenters. The van der Waals surface area contributed by atoms with Gasteiger partial charge in [0, 0.05) is 19.2 Å². The topological polar surface area (TPSA) is 15.6 Å². The van der Waals surface area contributed by atoms with Crippen LogP contribution in [0.4, 0.5) is 0 Å². The number of nitrogens with zero attached hydrogens (tertiary/aromatic N) is 2. The van der Waals surface area contributed by atoms with E-state index in [1.165, 1.54) is 12.3 Å². The fourth-order valence-corrected chi connectivity index (χ4v) is 1.91. The summed E-state index contributed by atoms with van der Waals surface area (Å²) >= 11 is 0. The average molecular weight is 188 g/mol. The van der Waals surface area contributed by atoms with Gasteiger partial charge in [-0.05, 0) is 18.9 Å². The van der Waals surface area contributed by atoms with E-state index < -0.39 is 0 Å². The van der Waals surface area contributed by atoms with Crippen LogP contribution in [0.25, 0.3) is 0 Å². The highest BCUT2D eigenvalue weighted by molar-refractivity contribution is 5.85. The van der Waals surface area contributed by atoms with E-state index in [0.717, 1.165) is 19.4 Å². The molecule has 0 aromatic carbocycles. The van der Waals surface area contributed by atoms with Gasteiger partial charge in [0.05, 0.1) is 6.04 Å². The van der Waals surface area contributed by atoms with E-state index in [1.54, 1.807) is 0 Å². The van der Waals surface area contributed by atoms with E-state index in [9.17, 15) is 0 Å². The summed E-state index contributed by atoms with van der Waals surface area (Å²) in [6.07, 6.45) is 13.8. The summed E-state index contributed by atoms with van der Waals surface area (Å²) in [5, 5.41) is 0. The molecule has 0 N–H and O–H groups in total. The van der Waals surface area contributed by atoms with Gasteiger partial charge in [0.1, 0.15) is 5.84 Å². The van der Waals surface area contributed by atoms with Gasteiger partial charge in [-0.25, -0.2) is 0 Å². The minimum atomic E-state index is 0.425. The Morgan fingerprint density at radius 3 is 3.21 bits per heavy atom. The van der Waals surface area contributed by atoms with Crippen LogP contribution >= 0.6 is 0 Å². The monoisotopic (exact) mass is 188 g/mol. The van der Waals surface area contributed by atoms with E-state index in [1.807, 2.05) is 6.08 Å². The Morgan fingerprint density at radius 2 is 2.50 bits per heavy atom. The standard InChI is InChI=1S/C12H16N2/c1-2-6-11-7-3-4-10-14(11)12-8-5-9-13-12/h2-4,7,10-11H,1,5-6,8-9H2. The zero-order valence-electron chi connectivity index (χ0n) is 8.39. The molecule has 2 heterocycles. The summed E-state index contributed by atoms with van der Waals surface area (Å²) in [5.41, 5.74) is 0. The maximum absolute atomic E-state index is 4.52. The lowest BCUT2D eigenvalue weighted by Gasteiger charge is -2.29. The highest BCUT2D eigenvalue weighted by Crippen LogP contribution is 2.18. The van der Waals surface area contributed by atoms with Gasteiger partial charge < -0.3 is 4.90 Å². The van der Waals surface area contributed by atoms with Crippen LogP contribution in [0.5, 0.6) is 0 Å². The molecule has 0 aromatic rings. The molecule has 0 radical (unpaired) electrons. The van der Waals surface area contributed by atoms with Gasteiger partial charge in [-0.15, -0.1) is 6.58 Å². The predicted molar refractivity (Wildman–Crippen MR) is 60.3 cm³/mol. The summed E-state index contributed by atoms with van der Waals surface area (Å²) in [6, 6.07) is 0.425. The van der Waals surface area contributed by atoms with Crippen LogP contribution in [0, 0.1) is 0 Å². The fraction of sp³-hybridized carbons (Fsp3) is 0.417. The molecule has 0 bridgehead atoms. The molecular formula is C12H16N2. The third kappa shape index (κ3) is 1.79. The number of amidine groups is 1. The van der Waals surface area contributed by atoms with Gasteiger partial charge in [0.25, 0.3) is 0 Å². The molecule has 0 saturated carbocycles. The van der Waals surface area contributed by atoms with Crippen molar-refractivity contribution in [2.45, 2.75) is 25.3 Å². The first-order valence-electron chi connectivity index (χ1n) is 5.19. The normalized spacial score (nSPS) is 25.3. The van der Waals surface area contributed by atoms with E-state index in [2.05, 4.69) is 40.9 Å². The Bertz CT molecular complexity index is 299. The minimum absolute atomic E-state index is 0.425. The van der Waals surface area contributed by atoms with Crippen LogP contribution in [-0.2, 0) is 0 Å². The van der Waals surface area contributed by atoms with Crippen LogP contribution in [0.15, 0.2) is 42.1 Å². The summed E-state index contributed by atoms with van der Waals surface area (Å²) in [7, 11) is 0. The van der Waals surface area contributed by atoms with Crippen LogP contribution < -0.4 is 0 Å². The van der Waals surface area contributed by atoms with Crippen molar-refractivity contribution in [1.29, 1.82) is 0 Å². The van der Waals surface area contributed by atoms with Crippen molar-refractivity contribution in [3.63, 3.8) is 0 Å². The van der Waals surface area contributed by atoms with Crippen molar-refractivity contribution in [2.75, 3.05) is 6.54 Å². The number of aliphatic imine (C=N–C) groups is 1. The average Bonchev–Trinajstić information content (AvgIpc) is 2.72. The van der Waals surface area contributed by atoms with Gasteiger partial charge in [-0.1, -0.05) is 18.2 Å². The highest BCUT2D eigenvalue weighted by Gasteiger charge is 2.19. The maximum Gasteiger partial charge on any atom is 0.103 e. The third-order valence-corrected chi connectivity index (χ3v) is 2.61. The largest absolute Gasteiger partial charge is 0.330 e. The second-order valence-corrected chi connectivity index (χ2v) is 3.63. The Balaban J connectivity index is 2.11. The summed E-state index contributed by atoms with van der Waals surface area (Å²) in [5.74, 6) is 1.23. The quantitative estimate of drug-likeness (QED) is 0.608. The van der Waals surface area contributed by atoms with E-state index in [0.29, 0.717) is 6.04 Å². The predicted octanol–water partition coefficient (Wildman–Crippen LogP) is 2.51. The lowest BCUT2D eigenvalue weighted by molar-refractivity contribution is 0.459. The van der Waals surface area contributed by atoms with Gasteiger partial charge in [0.2, 0.25) is 0 Å². The van der Waals surface area contributed by atoms with Crippen LogP contribution in [0.3, 0.4) is 0 Å². The molecule has 2 rings (SSSR count). The smallest absolute Gasteiger partial charge is 0.103 e. The van der Waals surface area contributed by atoms with E-state index in [-0.39, 0.29) is 0 Å². The SMILES string of the molecule is C=CCC1C=CC=CN1C1=NCCC1. The maximum atomic E-state index is 4.52. The Morgan fingerprint density at radius 1 is 1.57 bits per heavy atom. The molecule has 74 valence electrons. The highest BCUT2D eigenvalue weighted by atomic mass is 15.2. The summed E-state index contributed by atoms with van der Waals surface area (Å²) in [4.78, 5) is 6.79. The Hall–Kier alpha value is -1.31. The van der Waals surface area contributed by atoms with Gasteiger partial charge in [0.15, 0.2) is 0 Å². The van der Waals surface area contributed by atoms with E-state index >= 15 is 0 Å². The molecule has 0 saturated heterocycles. The second-order valence-electron chi connectivity index (χ2n) is 3.63. The van der Waals surface area contributed by atoms with Crippen molar-refractivity contribution < 1.29 is 0 Å². The number of hydrogen-bond acceptors (Lipinski definition) is 2. The van der Waals surface area contributed by atoms with Crippen molar-refractivity contribution in [2.24, 2.45) is 4.99 Å². The van der Waals surface area contributed by atoms with Crippen LogP contribution in [-0.4, -0.2) is 23.3 Å². The second kappa shape index (κ2) is 4.27. The molecule has 2 aliphatic rings. The molecule has 14 heavy (non-hydrogen) atoms. The fourth-order valence-electron chi connectivity index (χ4n) is 1.91. The molecule has 0 aromatic heterocycles. The van der Waals surface area contributed by atoms with Crippen LogP contribution in [0.1, 0.15) is 19.3 Å². The lowest BCUT2D eigenvalue weighted by atomic mass is 10.1. The van der Waals surface area contributed by atoms with Gasteiger partial charge in [-0.3, -0.25) is 4.99 Å². The van der Waals surface area contributed by atoms with Crippen molar-refractivity contribution >= 4 is 5.84 Å².